The molecule has 0 unspecified atom stereocenters. The molecule has 0 saturated carbocycles. The van der Waals surface area contributed by atoms with Gasteiger partial charge >= 0.3 is 0 Å². The van der Waals surface area contributed by atoms with Crippen LogP contribution in [-0.4, -0.2) is 31.1 Å². The summed E-state index contributed by atoms with van der Waals surface area (Å²) in [6.45, 7) is 5.83. The quantitative estimate of drug-likeness (QED) is 0.638. The molecule has 3 aromatic rings. The number of rotatable bonds is 7. The second-order valence-corrected chi connectivity index (χ2v) is 7.10. The van der Waals surface area contributed by atoms with Gasteiger partial charge in [0.05, 0.1) is 11.3 Å². The molecule has 2 aromatic heterocycles. The zero-order chi connectivity index (χ0) is 18.5. The Hall–Kier alpha value is -2.61. The summed E-state index contributed by atoms with van der Waals surface area (Å²) < 4.78 is 6.97. The Balaban J connectivity index is 1.73. The normalized spacial score (nSPS) is 13.3. The van der Waals surface area contributed by atoms with Crippen LogP contribution in [0.2, 0.25) is 0 Å². The van der Waals surface area contributed by atoms with Gasteiger partial charge in [0.2, 0.25) is 5.91 Å². The molecule has 7 nitrogen and oxygen atoms in total. The van der Waals surface area contributed by atoms with E-state index in [0.717, 1.165) is 5.56 Å². The number of hydrogen-bond acceptors (Lipinski definition) is 6. The van der Waals surface area contributed by atoms with Gasteiger partial charge in [-0.1, -0.05) is 54.2 Å². The number of aryl methyl sites for hydroxylation is 1. The molecule has 0 aliphatic heterocycles. The van der Waals surface area contributed by atoms with Gasteiger partial charge in [-0.2, -0.15) is 0 Å². The minimum atomic E-state index is -0.307. The number of carbonyl (C=O) groups excluding carboxylic acids is 1. The summed E-state index contributed by atoms with van der Waals surface area (Å²) in [5.41, 5.74) is 1.16. The van der Waals surface area contributed by atoms with E-state index < -0.39 is 0 Å². The van der Waals surface area contributed by atoms with E-state index in [4.69, 9.17) is 4.52 Å². The van der Waals surface area contributed by atoms with Crippen LogP contribution in [-0.2, 0) is 4.79 Å². The van der Waals surface area contributed by atoms with Crippen LogP contribution in [0.5, 0.6) is 0 Å². The summed E-state index contributed by atoms with van der Waals surface area (Å²) in [7, 11) is 0. The molecule has 1 N–H and O–H groups in total. The SMILES string of the molecule is CC[C@@H](Sc1nncn1[C@@H](C)c1ccccc1)C(=O)Nc1cc(C)on1. The zero-order valence-corrected chi connectivity index (χ0v) is 15.7. The average molecular weight is 371 g/mol. The standard InChI is InChI=1S/C18H21N5O2S/c1-4-15(17(24)20-16-10-12(2)25-22-16)26-18-21-19-11-23(18)13(3)14-8-6-5-7-9-14/h5-11,13,15H,4H2,1-3H3,(H,20,22,24)/t13-,15+/m0/s1. The van der Waals surface area contributed by atoms with Gasteiger partial charge in [-0.15, -0.1) is 10.2 Å². The lowest BCUT2D eigenvalue weighted by molar-refractivity contribution is -0.115. The van der Waals surface area contributed by atoms with Crippen molar-refractivity contribution < 1.29 is 9.32 Å². The van der Waals surface area contributed by atoms with Crippen LogP contribution < -0.4 is 5.32 Å². The smallest absolute Gasteiger partial charge is 0.239 e. The molecule has 1 amide bonds. The Kier molecular flexibility index (Phi) is 5.72. The van der Waals surface area contributed by atoms with E-state index >= 15 is 0 Å². The number of nitrogens with one attached hydrogen (secondary N) is 1. The number of anilines is 1. The van der Waals surface area contributed by atoms with Gasteiger partial charge in [0.1, 0.15) is 12.1 Å². The Morgan fingerprint density at radius 1 is 1.35 bits per heavy atom. The highest BCUT2D eigenvalue weighted by Gasteiger charge is 2.23. The molecule has 0 fully saturated rings. The van der Waals surface area contributed by atoms with Crippen LogP contribution in [0.3, 0.4) is 0 Å². The summed E-state index contributed by atoms with van der Waals surface area (Å²) in [4.78, 5) is 12.6. The van der Waals surface area contributed by atoms with E-state index in [-0.39, 0.29) is 17.2 Å². The van der Waals surface area contributed by atoms with Crippen LogP contribution in [0.4, 0.5) is 5.82 Å². The van der Waals surface area contributed by atoms with Crippen molar-refractivity contribution in [1.29, 1.82) is 0 Å². The van der Waals surface area contributed by atoms with Crippen molar-refractivity contribution in [3.63, 3.8) is 0 Å². The predicted molar refractivity (Wildman–Crippen MR) is 100 cm³/mol. The van der Waals surface area contributed by atoms with Crippen molar-refractivity contribution in [3.8, 4) is 0 Å². The number of nitrogens with zero attached hydrogens (tertiary/aromatic N) is 4. The zero-order valence-electron chi connectivity index (χ0n) is 14.9. The average Bonchev–Trinajstić information content (AvgIpc) is 3.28. The molecule has 0 bridgehead atoms. The van der Waals surface area contributed by atoms with Crippen LogP contribution in [0.1, 0.15) is 37.6 Å². The molecule has 0 saturated heterocycles. The van der Waals surface area contributed by atoms with Crippen molar-refractivity contribution in [2.24, 2.45) is 0 Å². The Labute approximate surface area is 156 Å². The molecule has 2 heterocycles. The highest BCUT2D eigenvalue weighted by atomic mass is 32.2. The monoisotopic (exact) mass is 371 g/mol. The van der Waals surface area contributed by atoms with Gasteiger partial charge in [0, 0.05) is 6.07 Å². The fraction of sp³-hybridized carbons (Fsp3) is 0.333. The van der Waals surface area contributed by atoms with Crippen LogP contribution >= 0.6 is 11.8 Å². The first-order valence-electron chi connectivity index (χ1n) is 8.43. The molecule has 3 rings (SSSR count). The van der Waals surface area contributed by atoms with Crippen LogP contribution in [0, 0.1) is 6.92 Å². The first-order chi connectivity index (χ1) is 12.6. The molecule has 136 valence electrons. The fourth-order valence-electron chi connectivity index (χ4n) is 2.56. The number of aromatic nitrogens is 4. The number of amides is 1. The fourth-order valence-corrected chi connectivity index (χ4v) is 3.56. The van der Waals surface area contributed by atoms with E-state index in [1.807, 2.05) is 29.7 Å². The lowest BCUT2D eigenvalue weighted by Crippen LogP contribution is -2.25. The molecule has 26 heavy (non-hydrogen) atoms. The summed E-state index contributed by atoms with van der Waals surface area (Å²) in [5, 5.41) is 15.2. The van der Waals surface area contributed by atoms with Gasteiger partial charge in [0.15, 0.2) is 11.0 Å². The number of thioether (sulfide) groups is 1. The summed E-state index contributed by atoms with van der Waals surface area (Å²) >= 11 is 1.40. The highest BCUT2D eigenvalue weighted by Crippen LogP contribution is 2.28. The topological polar surface area (TPSA) is 85.8 Å². The molecule has 0 aliphatic rings. The van der Waals surface area contributed by atoms with E-state index in [0.29, 0.717) is 23.2 Å². The first kappa shape index (κ1) is 18.2. The second kappa shape index (κ2) is 8.18. The largest absolute Gasteiger partial charge is 0.360 e. The number of benzene rings is 1. The van der Waals surface area contributed by atoms with Crippen molar-refractivity contribution >= 4 is 23.5 Å². The Morgan fingerprint density at radius 2 is 2.12 bits per heavy atom. The minimum absolute atomic E-state index is 0.0763. The highest BCUT2D eigenvalue weighted by molar-refractivity contribution is 8.00. The Bertz CT molecular complexity index is 861. The lowest BCUT2D eigenvalue weighted by atomic mass is 10.1. The molecule has 0 spiro atoms. The molecular weight excluding hydrogens is 350 g/mol. The van der Waals surface area contributed by atoms with Crippen LogP contribution in [0.15, 0.2) is 52.4 Å². The second-order valence-electron chi connectivity index (χ2n) is 5.93. The molecular formula is C18H21N5O2S. The lowest BCUT2D eigenvalue weighted by Gasteiger charge is -2.18. The van der Waals surface area contributed by atoms with E-state index in [9.17, 15) is 4.79 Å². The molecule has 8 heteroatoms. The third-order valence-corrected chi connectivity index (χ3v) is 5.36. The Morgan fingerprint density at radius 3 is 2.77 bits per heavy atom. The minimum Gasteiger partial charge on any atom is -0.360 e. The summed E-state index contributed by atoms with van der Waals surface area (Å²) in [6, 6.07) is 11.9. The van der Waals surface area contributed by atoms with Gasteiger partial charge in [-0.25, -0.2) is 0 Å². The molecule has 0 aliphatic carbocycles. The molecule has 1 aromatic carbocycles. The van der Waals surface area contributed by atoms with Gasteiger partial charge in [0.25, 0.3) is 0 Å². The molecule has 0 radical (unpaired) electrons. The number of carbonyl (C=O) groups is 1. The summed E-state index contributed by atoms with van der Waals surface area (Å²) in [6.07, 6.45) is 2.35. The van der Waals surface area contributed by atoms with Crippen molar-refractivity contribution in [3.05, 3.63) is 54.0 Å². The van der Waals surface area contributed by atoms with E-state index in [1.165, 1.54) is 11.8 Å². The van der Waals surface area contributed by atoms with Gasteiger partial charge in [-0.05, 0) is 25.8 Å². The van der Waals surface area contributed by atoms with Crippen LogP contribution in [0.25, 0.3) is 0 Å². The van der Waals surface area contributed by atoms with E-state index in [2.05, 4.69) is 39.7 Å². The maximum Gasteiger partial charge on any atom is 0.239 e. The third kappa shape index (κ3) is 4.13. The predicted octanol–water partition coefficient (Wildman–Crippen LogP) is 3.69. The third-order valence-electron chi connectivity index (χ3n) is 4.03. The van der Waals surface area contributed by atoms with Crippen molar-refractivity contribution in [2.75, 3.05) is 5.32 Å². The van der Waals surface area contributed by atoms with Crippen molar-refractivity contribution in [2.45, 2.75) is 43.6 Å². The van der Waals surface area contributed by atoms with E-state index in [1.54, 1.807) is 19.3 Å². The maximum absolute atomic E-state index is 12.6. The number of hydrogen-bond donors (Lipinski definition) is 1. The maximum atomic E-state index is 12.6. The van der Waals surface area contributed by atoms with Gasteiger partial charge in [-0.3, -0.25) is 4.79 Å². The van der Waals surface area contributed by atoms with Gasteiger partial charge < -0.3 is 14.4 Å². The van der Waals surface area contributed by atoms with Crippen molar-refractivity contribution in [1.82, 2.24) is 19.9 Å². The molecule has 2 atom stereocenters. The first-order valence-corrected chi connectivity index (χ1v) is 9.31. The summed E-state index contributed by atoms with van der Waals surface area (Å²) in [5.74, 6) is 0.941.